The van der Waals surface area contributed by atoms with Crippen molar-refractivity contribution in [2.24, 2.45) is 0 Å². The minimum atomic E-state index is -0.558. The molecule has 1 aromatic heterocycles. The van der Waals surface area contributed by atoms with Gasteiger partial charge in [0.15, 0.2) is 0 Å². The van der Waals surface area contributed by atoms with Crippen molar-refractivity contribution >= 4 is 23.1 Å². The molecule has 13 heavy (non-hydrogen) atoms. The van der Waals surface area contributed by atoms with Crippen molar-refractivity contribution in [2.75, 3.05) is 5.75 Å². The molecule has 2 rings (SSSR count). The topological polar surface area (TPSA) is 20.2 Å². The van der Waals surface area contributed by atoms with Crippen LogP contribution in [0.5, 0.6) is 0 Å². The molecule has 1 nitrogen and oxygen atoms in total. The summed E-state index contributed by atoms with van der Waals surface area (Å²) in [6, 6.07) is 4.07. The van der Waals surface area contributed by atoms with Crippen molar-refractivity contribution in [3.8, 4) is 0 Å². The predicted octanol–water partition coefficient (Wildman–Crippen LogP) is 2.85. The van der Waals surface area contributed by atoms with E-state index in [1.54, 1.807) is 11.3 Å². The molecule has 3 heteroatoms. The van der Waals surface area contributed by atoms with Crippen LogP contribution in [0.4, 0.5) is 0 Å². The highest BCUT2D eigenvalue weighted by atomic mass is 32.2. The van der Waals surface area contributed by atoms with E-state index in [9.17, 15) is 5.11 Å². The zero-order chi connectivity index (χ0) is 9.31. The van der Waals surface area contributed by atoms with Gasteiger partial charge in [-0.2, -0.15) is 11.8 Å². The van der Waals surface area contributed by atoms with Crippen LogP contribution in [-0.4, -0.2) is 16.1 Å². The van der Waals surface area contributed by atoms with Gasteiger partial charge in [0.05, 0.1) is 0 Å². The lowest BCUT2D eigenvalue weighted by atomic mass is 9.92. The number of hydrogen-bond donors (Lipinski definition) is 1. The summed E-state index contributed by atoms with van der Waals surface area (Å²) in [5, 5.41) is 12.9. The Morgan fingerprint density at radius 2 is 2.46 bits per heavy atom. The highest BCUT2D eigenvalue weighted by Gasteiger charge is 2.38. The normalized spacial score (nSPS) is 34.8. The molecule has 2 atom stereocenters. The molecule has 0 bridgehead atoms. The summed E-state index contributed by atoms with van der Waals surface area (Å²) in [4.78, 5) is 1.13. The lowest BCUT2D eigenvalue weighted by molar-refractivity contribution is 0.0291. The highest BCUT2D eigenvalue weighted by Crippen LogP contribution is 2.42. The number of thioether (sulfide) groups is 1. The van der Waals surface area contributed by atoms with Gasteiger partial charge in [0.2, 0.25) is 0 Å². The number of thiophene rings is 1. The number of rotatable bonds is 1. The van der Waals surface area contributed by atoms with E-state index >= 15 is 0 Å². The second-order valence-electron chi connectivity index (χ2n) is 3.52. The average molecular weight is 214 g/mol. The molecule has 1 aliphatic heterocycles. The van der Waals surface area contributed by atoms with E-state index in [-0.39, 0.29) is 0 Å². The molecule has 1 N–H and O–H groups in total. The van der Waals surface area contributed by atoms with E-state index in [1.165, 1.54) is 5.75 Å². The second-order valence-corrected chi connectivity index (χ2v) is 5.91. The molecular weight excluding hydrogens is 200 g/mol. The maximum atomic E-state index is 10.5. The van der Waals surface area contributed by atoms with E-state index in [1.807, 2.05) is 29.3 Å². The first-order valence-corrected chi connectivity index (χ1v) is 6.54. The summed E-state index contributed by atoms with van der Waals surface area (Å²) in [6.07, 6.45) is 2.05. The zero-order valence-electron chi connectivity index (χ0n) is 7.69. The summed E-state index contributed by atoms with van der Waals surface area (Å²) < 4.78 is 0. The van der Waals surface area contributed by atoms with Gasteiger partial charge < -0.3 is 5.11 Å². The van der Waals surface area contributed by atoms with Gasteiger partial charge in [-0.3, -0.25) is 0 Å². The fourth-order valence-corrected chi connectivity index (χ4v) is 3.99. The van der Waals surface area contributed by atoms with Crippen molar-refractivity contribution < 1.29 is 5.11 Å². The number of hydrogen-bond acceptors (Lipinski definition) is 3. The summed E-state index contributed by atoms with van der Waals surface area (Å²) in [5.41, 5.74) is -0.558. The lowest BCUT2D eigenvalue weighted by Gasteiger charge is -2.36. The Morgan fingerprint density at radius 1 is 1.62 bits per heavy atom. The highest BCUT2D eigenvalue weighted by molar-refractivity contribution is 8.00. The molecule has 72 valence electrons. The molecule has 0 amide bonds. The molecule has 2 unspecified atom stereocenters. The first kappa shape index (κ1) is 9.56. The van der Waals surface area contributed by atoms with Crippen LogP contribution in [-0.2, 0) is 5.60 Å². The van der Waals surface area contributed by atoms with Crippen LogP contribution in [0.3, 0.4) is 0 Å². The Morgan fingerprint density at radius 3 is 3.08 bits per heavy atom. The molecule has 2 heterocycles. The van der Waals surface area contributed by atoms with E-state index in [2.05, 4.69) is 6.92 Å². The monoisotopic (exact) mass is 214 g/mol. The lowest BCUT2D eigenvalue weighted by Crippen LogP contribution is -2.37. The predicted molar refractivity (Wildman–Crippen MR) is 59.4 cm³/mol. The van der Waals surface area contributed by atoms with Gasteiger partial charge in [-0.15, -0.1) is 11.3 Å². The van der Waals surface area contributed by atoms with Gasteiger partial charge in [0.25, 0.3) is 0 Å². The van der Waals surface area contributed by atoms with Gasteiger partial charge in [-0.1, -0.05) is 13.0 Å². The standard InChI is InChI=1S/C10H14OS2/c1-8-10(11,5-3-7-12-8)9-4-2-6-13-9/h2,4,6,8,11H,3,5,7H2,1H3. The maximum absolute atomic E-state index is 10.5. The molecule has 0 aliphatic carbocycles. The van der Waals surface area contributed by atoms with Crippen molar-refractivity contribution in [3.63, 3.8) is 0 Å². The summed E-state index contributed by atoms with van der Waals surface area (Å²) in [7, 11) is 0. The van der Waals surface area contributed by atoms with Crippen molar-refractivity contribution in [3.05, 3.63) is 22.4 Å². The molecule has 1 saturated heterocycles. The minimum Gasteiger partial charge on any atom is -0.383 e. The smallest absolute Gasteiger partial charge is 0.110 e. The Hall–Kier alpha value is 0.01000. The Kier molecular flexibility index (Phi) is 2.67. The third kappa shape index (κ3) is 1.65. The first-order valence-electron chi connectivity index (χ1n) is 4.61. The summed E-state index contributed by atoms with van der Waals surface area (Å²) in [6.45, 7) is 2.13. The molecular formula is C10H14OS2. The average Bonchev–Trinajstić information content (AvgIpc) is 2.63. The third-order valence-electron chi connectivity index (χ3n) is 2.69. The fraction of sp³-hybridized carbons (Fsp3) is 0.600. The van der Waals surface area contributed by atoms with E-state index in [0.29, 0.717) is 5.25 Å². The minimum absolute atomic E-state index is 0.333. The van der Waals surface area contributed by atoms with Crippen molar-refractivity contribution in [2.45, 2.75) is 30.6 Å². The third-order valence-corrected chi connectivity index (χ3v) is 5.14. The number of aliphatic hydroxyl groups is 1. The summed E-state index contributed by atoms with van der Waals surface area (Å²) >= 11 is 3.55. The molecule has 1 aromatic rings. The molecule has 0 saturated carbocycles. The van der Waals surface area contributed by atoms with Crippen LogP contribution < -0.4 is 0 Å². The van der Waals surface area contributed by atoms with Gasteiger partial charge in [0, 0.05) is 10.1 Å². The van der Waals surface area contributed by atoms with Crippen LogP contribution in [0.15, 0.2) is 17.5 Å². The van der Waals surface area contributed by atoms with Crippen LogP contribution in [0, 0.1) is 0 Å². The Bertz CT molecular complexity index is 270. The van der Waals surface area contributed by atoms with E-state index in [0.717, 1.165) is 17.7 Å². The van der Waals surface area contributed by atoms with E-state index < -0.39 is 5.60 Å². The Labute approximate surface area is 87.2 Å². The Balaban J connectivity index is 2.27. The quantitative estimate of drug-likeness (QED) is 0.775. The van der Waals surface area contributed by atoms with Gasteiger partial charge in [-0.05, 0) is 30.0 Å². The van der Waals surface area contributed by atoms with Gasteiger partial charge in [0.1, 0.15) is 5.60 Å². The van der Waals surface area contributed by atoms with Crippen LogP contribution in [0.2, 0.25) is 0 Å². The van der Waals surface area contributed by atoms with Crippen LogP contribution >= 0.6 is 23.1 Å². The maximum Gasteiger partial charge on any atom is 0.110 e. The van der Waals surface area contributed by atoms with Crippen LogP contribution in [0.1, 0.15) is 24.6 Å². The largest absolute Gasteiger partial charge is 0.383 e. The molecule has 0 aromatic carbocycles. The van der Waals surface area contributed by atoms with E-state index in [4.69, 9.17) is 0 Å². The molecule has 0 spiro atoms. The van der Waals surface area contributed by atoms with Crippen LogP contribution in [0.25, 0.3) is 0 Å². The molecule has 0 radical (unpaired) electrons. The molecule has 1 aliphatic rings. The fourth-order valence-electron chi connectivity index (χ4n) is 1.79. The second kappa shape index (κ2) is 3.64. The van der Waals surface area contributed by atoms with Crippen molar-refractivity contribution in [1.29, 1.82) is 0 Å². The zero-order valence-corrected chi connectivity index (χ0v) is 9.33. The summed E-state index contributed by atoms with van der Waals surface area (Å²) in [5.74, 6) is 1.19. The van der Waals surface area contributed by atoms with Gasteiger partial charge >= 0.3 is 0 Å². The molecule has 1 fully saturated rings. The first-order chi connectivity index (χ1) is 6.23. The van der Waals surface area contributed by atoms with Gasteiger partial charge in [-0.25, -0.2) is 0 Å². The SMILES string of the molecule is CC1SCCCC1(O)c1cccs1. The van der Waals surface area contributed by atoms with Crippen molar-refractivity contribution in [1.82, 2.24) is 0 Å².